The summed E-state index contributed by atoms with van der Waals surface area (Å²) < 4.78 is 13.2. The average molecular weight is 267 g/mol. The van der Waals surface area contributed by atoms with Crippen LogP contribution < -0.4 is 5.73 Å². The first kappa shape index (κ1) is 13.9. The molecule has 18 heavy (non-hydrogen) atoms. The molecule has 1 aromatic carbocycles. The maximum Gasteiger partial charge on any atom is 0.126 e. The van der Waals surface area contributed by atoms with Crippen LogP contribution in [0.5, 0.6) is 0 Å². The third-order valence-electron chi connectivity index (χ3n) is 3.67. The van der Waals surface area contributed by atoms with Gasteiger partial charge in [-0.3, -0.25) is 0 Å². The average Bonchev–Trinajstić information content (AvgIpc) is 2.40. The number of hydrogen-bond donors (Lipinski definition) is 1. The fourth-order valence-electron chi connectivity index (χ4n) is 2.47. The highest BCUT2D eigenvalue weighted by Crippen LogP contribution is 2.30. The maximum atomic E-state index is 13.2. The lowest BCUT2D eigenvalue weighted by Gasteiger charge is -2.22. The molecule has 0 spiro atoms. The Bertz CT molecular complexity index is 388. The second-order valence-corrected chi connectivity index (χ2v) is 6.54. The van der Waals surface area contributed by atoms with Crippen molar-refractivity contribution in [2.24, 2.45) is 5.73 Å². The van der Waals surface area contributed by atoms with E-state index in [0.717, 1.165) is 16.6 Å². The minimum absolute atomic E-state index is 0.0243. The van der Waals surface area contributed by atoms with Crippen LogP contribution in [0.25, 0.3) is 0 Å². The molecule has 3 heteroatoms. The first-order valence-corrected chi connectivity index (χ1v) is 7.85. The van der Waals surface area contributed by atoms with Gasteiger partial charge in [-0.1, -0.05) is 31.4 Å². The zero-order valence-corrected chi connectivity index (χ0v) is 11.8. The van der Waals surface area contributed by atoms with E-state index in [9.17, 15) is 4.39 Å². The van der Waals surface area contributed by atoms with Crippen LogP contribution in [0.2, 0.25) is 0 Å². The summed E-state index contributed by atoms with van der Waals surface area (Å²) in [7, 11) is 0. The lowest BCUT2D eigenvalue weighted by molar-refractivity contribution is 0.515. The second kappa shape index (κ2) is 6.58. The molecule has 0 saturated heterocycles. The Labute approximate surface area is 113 Å². The molecule has 0 radical (unpaired) electrons. The van der Waals surface area contributed by atoms with Crippen molar-refractivity contribution < 1.29 is 4.39 Å². The van der Waals surface area contributed by atoms with E-state index in [1.54, 1.807) is 6.92 Å². The number of hydrogen-bond acceptors (Lipinski definition) is 2. The SMILES string of the molecule is Cc1cc(C(N)CSC2CCCCC2)ccc1F. The Morgan fingerprint density at radius 1 is 1.33 bits per heavy atom. The predicted octanol–water partition coefficient (Wildman–Crippen LogP) is 4.20. The molecule has 1 fully saturated rings. The van der Waals surface area contributed by atoms with Gasteiger partial charge in [-0.05, 0) is 37.0 Å². The monoisotopic (exact) mass is 267 g/mol. The highest BCUT2D eigenvalue weighted by molar-refractivity contribution is 7.99. The quantitative estimate of drug-likeness (QED) is 0.884. The molecule has 1 nitrogen and oxygen atoms in total. The summed E-state index contributed by atoms with van der Waals surface area (Å²) in [4.78, 5) is 0. The fraction of sp³-hybridized carbons (Fsp3) is 0.600. The van der Waals surface area contributed by atoms with Crippen molar-refractivity contribution in [3.8, 4) is 0 Å². The Morgan fingerprint density at radius 3 is 2.72 bits per heavy atom. The van der Waals surface area contributed by atoms with Gasteiger partial charge in [-0.2, -0.15) is 11.8 Å². The number of halogens is 1. The largest absolute Gasteiger partial charge is 0.323 e. The van der Waals surface area contributed by atoms with Crippen LogP contribution in [0.4, 0.5) is 4.39 Å². The molecular formula is C15H22FNS. The number of nitrogens with two attached hydrogens (primary N) is 1. The minimum atomic E-state index is -0.147. The molecule has 0 aliphatic heterocycles. The number of aryl methyl sites for hydroxylation is 1. The molecule has 1 aromatic rings. The third-order valence-corrected chi connectivity index (χ3v) is 5.17. The van der Waals surface area contributed by atoms with E-state index in [1.807, 2.05) is 23.9 Å². The van der Waals surface area contributed by atoms with Gasteiger partial charge >= 0.3 is 0 Å². The van der Waals surface area contributed by atoms with Crippen LogP contribution in [0.1, 0.15) is 49.3 Å². The molecule has 0 heterocycles. The normalized spacial score (nSPS) is 18.8. The van der Waals surface area contributed by atoms with Crippen LogP contribution >= 0.6 is 11.8 Å². The molecule has 1 unspecified atom stereocenters. The topological polar surface area (TPSA) is 26.0 Å². The van der Waals surface area contributed by atoms with Crippen LogP contribution in [-0.2, 0) is 0 Å². The smallest absolute Gasteiger partial charge is 0.126 e. The van der Waals surface area contributed by atoms with Crippen molar-refractivity contribution in [3.63, 3.8) is 0 Å². The predicted molar refractivity (Wildman–Crippen MR) is 77.4 cm³/mol. The van der Waals surface area contributed by atoms with E-state index < -0.39 is 0 Å². The zero-order chi connectivity index (χ0) is 13.0. The van der Waals surface area contributed by atoms with Crippen molar-refractivity contribution in [1.82, 2.24) is 0 Å². The summed E-state index contributed by atoms with van der Waals surface area (Å²) in [5.74, 6) is 0.793. The minimum Gasteiger partial charge on any atom is -0.323 e. The van der Waals surface area contributed by atoms with Crippen molar-refractivity contribution in [2.75, 3.05) is 5.75 Å². The highest BCUT2D eigenvalue weighted by Gasteiger charge is 2.16. The first-order valence-electron chi connectivity index (χ1n) is 6.80. The van der Waals surface area contributed by atoms with E-state index in [4.69, 9.17) is 5.73 Å². The maximum absolute atomic E-state index is 13.2. The van der Waals surface area contributed by atoms with Crippen LogP contribution in [-0.4, -0.2) is 11.0 Å². The summed E-state index contributed by atoms with van der Waals surface area (Å²) in [5.41, 5.74) is 7.93. The Balaban J connectivity index is 1.86. The Morgan fingerprint density at radius 2 is 2.06 bits per heavy atom. The van der Waals surface area contributed by atoms with Crippen LogP contribution in [0.3, 0.4) is 0 Å². The molecular weight excluding hydrogens is 245 g/mol. The van der Waals surface area contributed by atoms with Gasteiger partial charge in [0.2, 0.25) is 0 Å². The van der Waals surface area contributed by atoms with E-state index >= 15 is 0 Å². The number of thioether (sulfide) groups is 1. The van der Waals surface area contributed by atoms with Gasteiger partial charge in [0, 0.05) is 17.0 Å². The Kier molecular flexibility index (Phi) is 5.07. The van der Waals surface area contributed by atoms with Gasteiger partial charge in [-0.15, -0.1) is 0 Å². The number of rotatable bonds is 4. The lowest BCUT2D eigenvalue weighted by Crippen LogP contribution is -2.17. The molecule has 0 aromatic heterocycles. The summed E-state index contributed by atoms with van der Waals surface area (Å²) in [6.45, 7) is 1.79. The van der Waals surface area contributed by atoms with E-state index in [2.05, 4.69) is 0 Å². The second-order valence-electron chi connectivity index (χ2n) is 5.21. The standard InChI is InChI=1S/C15H22FNS/c1-11-9-12(7-8-14(11)16)15(17)10-18-13-5-3-2-4-6-13/h7-9,13,15H,2-6,10,17H2,1H3. The van der Waals surface area contributed by atoms with Gasteiger partial charge in [0.25, 0.3) is 0 Å². The zero-order valence-electron chi connectivity index (χ0n) is 11.0. The molecule has 2 N–H and O–H groups in total. The molecule has 0 amide bonds. The molecule has 2 rings (SSSR count). The van der Waals surface area contributed by atoms with Crippen molar-refractivity contribution in [2.45, 2.75) is 50.3 Å². The van der Waals surface area contributed by atoms with Gasteiger partial charge in [0.15, 0.2) is 0 Å². The van der Waals surface area contributed by atoms with E-state index in [0.29, 0.717) is 5.56 Å². The van der Waals surface area contributed by atoms with Gasteiger partial charge < -0.3 is 5.73 Å². The summed E-state index contributed by atoms with van der Waals surface area (Å²) in [5, 5.41) is 0.784. The third kappa shape index (κ3) is 3.72. The van der Waals surface area contributed by atoms with E-state index in [1.165, 1.54) is 38.2 Å². The molecule has 1 atom stereocenters. The highest BCUT2D eigenvalue weighted by atomic mass is 32.2. The van der Waals surface area contributed by atoms with Crippen LogP contribution in [0, 0.1) is 12.7 Å². The Hall–Kier alpha value is -0.540. The first-order chi connectivity index (χ1) is 8.66. The summed E-state index contributed by atoms with van der Waals surface area (Å²) in [6.07, 6.45) is 6.78. The fourth-order valence-corrected chi connectivity index (χ4v) is 3.80. The number of benzene rings is 1. The van der Waals surface area contributed by atoms with Gasteiger partial charge in [0.05, 0.1) is 0 Å². The lowest BCUT2D eigenvalue weighted by atomic mass is 10.0. The molecule has 100 valence electrons. The van der Waals surface area contributed by atoms with Crippen LogP contribution in [0.15, 0.2) is 18.2 Å². The van der Waals surface area contributed by atoms with Gasteiger partial charge in [0.1, 0.15) is 5.82 Å². The molecule has 0 bridgehead atoms. The molecule has 1 aliphatic carbocycles. The summed E-state index contributed by atoms with van der Waals surface area (Å²) >= 11 is 1.99. The van der Waals surface area contributed by atoms with Crippen molar-refractivity contribution >= 4 is 11.8 Å². The van der Waals surface area contributed by atoms with Crippen molar-refractivity contribution in [1.29, 1.82) is 0 Å². The van der Waals surface area contributed by atoms with Crippen molar-refractivity contribution in [3.05, 3.63) is 35.1 Å². The van der Waals surface area contributed by atoms with Gasteiger partial charge in [-0.25, -0.2) is 4.39 Å². The molecule has 1 saturated carbocycles. The molecule has 1 aliphatic rings. The summed E-state index contributed by atoms with van der Waals surface area (Å²) in [6, 6.07) is 5.24. The van der Waals surface area contributed by atoms with E-state index in [-0.39, 0.29) is 11.9 Å².